The molecule has 0 unspecified atom stereocenters. The molecule has 0 saturated carbocycles. The highest BCUT2D eigenvalue weighted by Crippen LogP contribution is 2.24. The molecule has 3 heterocycles. The lowest BCUT2D eigenvalue weighted by molar-refractivity contribution is -0.131. The summed E-state index contributed by atoms with van der Waals surface area (Å²) in [6.07, 6.45) is 3.97. The van der Waals surface area contributed by atoms with Gasteiger partial charge in [-0.1, -0.05) is 17.7 Å². The summed E-state index contributed by atoms with van der Waals surface area (Å²) in [4.78, 5) is 31.4. The van der Waals surface area contributed by atoms with Crippen molar-refractivity contribution in [3.8, 4) is 0 Å². The number of aromatic amines is 1. The summed E-state index contributed by atoms with van der Waals surface area (Å²) >= 11 is 6.01. The number of halogens is 1. The second-order valence-electron chi connectivity index (χ2n) is 6.72. The molecule has 132 valence electrons. The van der Waals surface area contributed by atoms with Crippen LogP contribution in [0.1, 0.15) is 18.4 Å². The van der Waals surface area contributed by atoms with Gasteiger partial charge in [0.15, 0.2) is 0 Å². The first-order valence-corrected chi connectivity index (χ1v) is 9.07. The first-order valence-electron chi connectivity index (χ1n) is 8.69. The number of likely N-dealkylation sites (tertiary alicyclic amines) is 1. The van der Waals surface area contributed by atoms with Gasteiger partial charge in [0.2, 0.25) is 5.91 Å². The van der Waals surface area contributed by atoms with Crippen LogP contribution >= 0.6 is 11.6 Å². The highest BCUT2D eigenvalue weighted by molar-refractivity contribution is 6.31. The minimum absolute atomic E-state index is 0.0298. The maximum atomic E-state index is 12.7. The van der Waals surface area contributed by atoms with Crippen LogP contribution in [0.4, 0.5) is 4.79 Å². The van der Waals surface area contributed by atoms with Gasteiger partial charge in [0.1, 0.15) is 0 Å². The maximum absolute atomic E-state index is 12.7. The van der Waals surface area contributed by atoms with Crippen LogP contribution in [-0.2, 0) is 11.2 Å². The minimum Gasteiger partial charge on any atom is -0.361 e. The summed E-state index contributed by atoms with van der Waals surface area (Å²) < 4.78 is 0. The molecule has 2 aliphatic rings. The first kappa shape index (κ1) is 16.3. The Morgan fingerprint density at radius 2 is 2.04 bits per heavy atom. The van der Waals surface area contributed by atoms with E-state index in [-0.39, 0.29) is 18.0 Å². The molecule has 25 heavy (non-hydrogen) atoms. The SMILES string of the molecule is O=C(Cc1c[nH]c2cc(Cl)ccc12)N1CCC(N2CCNC2=O)CC1. The van der Waals surface area contributed by atoms with E-state index in [0.29, 0.717) is 24.5 Å². The van der Waals surface area contributed by atoms with Crippen LogP contribution in [0.3, 0.4) is 0 Å². The predicted octanol–water partition coefficient (Wildman–Crippen LogP) is 2.38. The van der Waals surface area contributed by atoms with Gasteiger partial charge < -0.3 is 20.1 Å². The third-order valence-electron chi connectivity index (χ3n) is 5.22. The molecule has 3 amide bonds. The van der Waals surface area contributed by atoms with Crippen molar-refractivity contribution in [2.75, 3.05) is 26.2 Å². The van der Waals surface area contributed by atoms with Crippen molar-refractivity contribution in [3.63, 3.8) is 0 Å². The molecule has 0 spiro atoms. The number of fused-ring (bicyclic) bond motifs is 1. The number of aromatic nitrogens is 1. The summed E-state index contributed by atoms with van der Waals surface area (Å²) in [5.41, 5.74) is 1.95. The van der Waals surface area contributed by atoms with Gasteiger partial charge in [-0.05, 0) is 30.5 Å². The number of piperidine rings is 1. The Balaban J connectivity index is 1.38. The van der Waals surface area contributed by atoms with Crippen molar-refractivity contribution in [2.24, 2.45) is 0 Å². The highest BCUT2D eigenvalue weighted by atomic mass is 35.5. The number of benzene rings is 1. The third-order valence-corrected chi connectivity index (χ3v) is 5.45. The number of nitrogens with zero attached hydrogens (tertiary/aromatic N) is 2. The van der Waals surface area contributed by atoms with Gasteiger partial charge in [-0.25, -0.2) is 4.79 Å². The lowest BCUT2D eigenvalue weighted by Gasteiger charge is -2.36. The molecular weight excluding hydrogens is 340 g/mol. The number of urea groups is 1. The van der Waals surface area contributed by atoms with Crippen molar-refractivity contribution in [1.29, 1.82) is 0 Å². The number of hydrogen-bond donors (Lipinski definition) is 2. The van der Waals surface area contributed by atoms with Gasteiger partial charge in [-0.15, -0.1) is 0 Å². The van der Waals surface area contributed by atoms with Crippen molar-refractivity contribution < 1.29 is 9.59 Å². The fourth-order valence-electron chi connectivity index (χ4n) is 3.84. The van der Waals surface area contributed by atoms with E-state index in [4.69, 9.17) is 11.6 Å². The quantitative estimate of drug-likeness (QED) is 0.882. The first-order chi connectivity index (χ1) is 12.1. The van der Waals surface area contributed by atoms with Gasteiger partial charge in [-0.3, -0.25) is 4.79 Å². The zero-order chi connectivity index (χ0) is 17.4. The Kier molecular flexibility index (Phi) is 4.29. The minimum atomic E-state index is 0.0298. The summed E-state index contributed by atoms with van der Waals surface area (Å²) in [5, 5.41) is 4.57. The standard InChI is InChI=1S/C18H21ClN4O2/c19-13-1-2-15-12(11-21-16(15)10-13)9-17(24)22-6-3-14(4-7-22)23-8-5-20-18(23)25/h1-2,10-11,14,21H,3-9H2,(H,20,25). The molecule has 6 nitrogen and oxygen atoms in total. The Morgan fingerprint density at radius 1 is 1.24 bits per heavy atom. The number of amides is 3. The van der Waals surface area contributed by atoms with Crippen LogP contribution in [0.5, 0.6) is 0 Å². The molecule has 0 radical (unpaired) electrons. The zero-order valence-corrected chi connectivity index (χ0v) is 14.7. The van der Waals surface area contributed by atoms with Crippen LogP contribution in [0.2, 0.25) is 5.02 Å². The average Bonchev–Trinajstić information content (AvgIpc) is 3.21. The van der Waals surface area contributed by atoms with E-state index in [1.54, 1.807) is 0 Å². The van der Waals surface area contributed by atoms with E-state index in [9.17, 15) is 9.59 Å². The normalized spacial score (nSPS) is 18.8. The van der Waals surface area contributed by atoms with Crippen molar-refractivity contribution in [3.05, 3.63) is 35.0 Å². The number of rotatable bonds is 3. The van der Waals surface area contributed by atoms with Gasteiger partial charge in [0.25, 0.3) is 0 Å². The van der Waals surface area contributed by atoms with Crippen LogP contribution < -0.4 is 5.32 Å². The maximum Gasteiger partial charge on any atom is 0.317 e. The summed E-state index contributed by atoms with van der Waals surface area (Å²) in [6, 6.07) is 5.95. The van der Waals surface area contributed by atoms with Crippen molar-refractivity contribution in [2.45, 2.75) is 25.3 Å². The molecule has 1 aromatic carbocycles. The fourth-order valence-corrected chi connectivity index (χ4v) is 4.01. The topological polar surface area (TPSA) is 68.4 Å². The smallest absolute Gasteiger partial charge is 0.317 e. The molecule has 4 rings (SSSR count). The van der Waals surface area contributed by atoms with E-state index in [0.717, 1.165) is 42.4 Å². The molecule has 2 saturated heterocycles. The molecule has 0 aliphatic carbocycles. The van der Waals surface area contributed by atoms with Crippen LogP contribution in [0.25, 0.3) is 10.9 Å². The number of H-pyrrole nitrogens is 1. The lowest BCUT2D eigenvalue weighted by atomic mass is 10.0. The van der Waals surface area contributed by atoms with E-state index in [2.05, 4.69) is 10.3 Å². The predicted molar refractivity (Wildman–Crippen MR) is 96.7 cm³/mol. The number of nitrogens with one attached hydrogen (secondary N) is 2. The van der Waals surface area contributed by atoms with E-state index < -0.39 is 0 Å². The summed E-state index contributed by atoms with van der Waals surface area (Å²) in [5.74, 6) is 0.139. The van der Waals surface area contributed by atoms with Gasteiger partial charge in [0.05, 0.1) is 6.42 Å². The van der Waals surface area contributed by atoms with E-state index >= 15 is 0 Å². The molecule has 2 fully saturated rings. The molecule has 2 aromatic rings. The Hall–Kier alpha value is -2.21. The number of carbonyl (C=O) groups is 2. The Bertz CT molecular complexity index is 811. The van der Waals surface area contributed by atoms with Crippen molar-refractivity contribution >= 4 is 34.4 Å². The molecule has 0 bridgehead atoms. The fraction of sp³-hybridized carbons (Fsp3) is 0.444. The highest BCUT2D eigenvalue weighted by Gasteiger charge is 2.31. The van der Waals surface area contributed by atoms with Gasteiger partial charge in [-0.2, -0.15) is 0 Å². The van der Waals surface area contributed by atoms with Crippen LogP contribution in [0, 0.1) is 0 Å². The molecule has 7 heteroatoms. The van der Waals surface area contributed by atoms with E-state index in [1.807, 2.05) is 34.2 Å². The summed E-state index contributed by atoms with van der Waals surface area (Å²) in [7, 11) is 0. The molecule has 2 N–H and O–H groups in total. The number of hydrogen-bond acceptors (Lipinski definition) is 2. The zero-order valence-electron chi connectivity index (χ0n) is 13.9. The van der Waals surface area contributed by atoms with Crippen LogP contribution in [0.15, 0.2) is 24.4 Å². The third kappa shape index (κ3) is 3.18. The van der Waals surface area contributed by atoms with E-state index in [1.165, 1.54) is 0 Å². The van der Waals surface area contributed by atoms with Gasteiger partial charge in [0, 0.05) is 54.3 Å². The second-order valence-corrected chi connectivity index (χ2v) is 7.15. The monoisotopic (exact) mass is 360 g/mol. The molecule has 2 aliphatic heterocycles. The van der Waals surface area contributed by atoms with Gasteiger partial charge >= 0.3 is 6.03 Å². The average molecular weight is 361 g/mol. The molecule has 0 atom stereocenters. The van der Waals surface area contributed by atoms with Crippen molar-refractivity contribution in [1.82, 2.24) is 20.1 Å². The Morgan fingerprint density at radius 3 is 2.76 bits per heavy atom. The second kappa shape index (κ2) is 6.59. The Labute approximate surface area is 151 Å². The van der Waals surface area contributed by atoms with Crippen LogP contribution in [-0.4, -0.2) is 58.9 Å². The largest absolute Gasteiger partial charge is 0.361 e. The lowest BCUT2D eigenvalue weighted by Crippen LogP contribution is -2.48. The summed E-state index contributed by atoms with van der Waals surface area (Å²) in [6.45, 7) is 2.92. The molecule has 1 aromatic heterocycles. The molecular formula is C18H21ClN4O2. The number of carbonyl (C=O) groups excluding carboxylic acids is 2.